The standard InChI is InChI=1S/C19H18N4O2/c1-13-5-7-15(8-6-13)17-11-18(22-21-17)19(24)23-20-12-14(2)10-16-4-3-9-25-16/h3-12H,1-2H3,(H,21,22)(H,23,24)/b14-10+,20-12+. The van der Waals surface area contributed by atoms with E-state index in [1.54, 1.807) is 18.5 Å². The third kappa shape index (κ3) is 4.32. The first-order valence-electron chi connectivity index (χ1n) is 7.79. The highest BCUT2D eigenvalue weighted by Gasteiger charge is 2.10. The summed E-state index contributed by atoms with van der Waals surface area (Å²) in [4.78, 5) is 12.1. The summed E-state index contributed by atoms with van der Waals surface area (Å²) in [6.07, 6.45) is 4.97. The van der Waals surface area contributed by atoms with E-state index in [0.29, 0.717) is 11.4 Å². The quantitative estimate of drug-likeness (QED) is 0.550. The lowest BCUT2D eigenvalue weighted by Crippen LogP contribution is -2.17. The van der Waals surface area contributed by atoms with E-state index in [1.165, 1.54) is 5.56 Å². The van der Waals surface area contributed by atoms with Crippen LogP contribution in [0, 0.1) is 6.92 Å². The van der Waals surface area contributed by atoms with E-state index in [2.05, 4.69) is 20.7 Å². The Bertz CT molecular complexity index is 903. The van der Waals surface area contributed by atoms with Crippen molar-refractivity contribution in [1.82, 2.24) is 15.6 Å². The minimum absolute atomic E-state index is 0.348. The molecule has 2 heterocycles. The number of hydrazone groups is 1. The maximum Gasteiger partial charge on any atom is 0.289 e. The number of nitrogens with zero attached hydrogens (tertiary/aromatic N) is 2. The smallest absolute Gasteiger partial charge is 0.289 e. The number of carbonyl (C=O) groups excluding carboxylic acids is 1. The van der Waals surface area contributed by atoms with E-state index in [9.17, 15) is 4.79 Å². The molecule has 25 heavy (non-hydrogen) atoms. The molecule has 0 fully saturated rings. The fourth-order valence-electron chi connectivity index (χ4n) is 2.20. The number of furan rings is 1. The maximum absolute atomic E-state index is 12.1. The predicted octanol–water partition coefficient (Wildman–Crippen LogP) is 3.80. The molecular weight excluding hydrogens is 316 g/mol. The van der Waals surface area contributed by atoms with E-state index in [0.717, 1.165) is 16.9 Å². The first-order chi connectivity index (χ1) is 12.1. The van der Waals surface area contributed by atoms with Gasteiger partial charge in [-0.2, -0.15) is 10.2 Å². The SMILES string of the molecule is CC(/C=N/NC(=O)c1cc(-c2ccc(C)cc2)n[nH]1)=C\c1ccco1. The zero-order chi connectivity index (χ0) is 17.6. The van der Waals surface area contributed by atoms with E-state index in [-0.39, 0.29) is 5.91 Å². The van der Waals surface area contributed by atoms with Gasteiger partial charge in [0.05, 0.1) is 18.2 Å². The molecular formula is C19H18N4O2. The molecule has 0 saturated heterocycles. The van der Waals surface area contributed by atoms with Crippen molar-refractivity contribution in [3.05, 3.63) is 71.3 Å². The molecule has 0 unspecified atom stereocenters. The lowest BCUT2D eigenvalue weighted by Gasteiger charge is -1.96. The summed E-state index contributed by atoms with van der Waals surface area (Å²) in [5.41, 5.74) is 6.49. The molecule has 0 aliphatic heterocycles. The molecule has 0 bridgehead atoms. The van der Waals surface area contributed by atoms with Gasteiger partial charge in [-0.1, -0.05) is 29.8 Å². The summed E-state index contributed by atoms with van der Waals surface area (Å²) in [7, 11) is 0. The normalized spacial score (nSPS) is 11.8. The number of aryl methyl sites for hydroxylation is 1. The second-order valence-electron chi connectivity index (χ2n) is 5.64. The lowest BCUT2D eigenvalue weighted by molar-refractivity contribution is 0.0950. The lowest BCUT2D eigenvalue weighted by atomic mass is 10.1. The number of carbonyl (C=O) groups is 1. The number of aromatic nitrogens is 2. The first-order valence-corrected chi connectivity index (χ1v) is 7.79. The van der Waals surface area contributed by atoms with Gasteiger partial charge in [-0.15, -0.1) is 0 Å². The van der Waals surface area contributed by atoms with Crippen molar-refractivity contribution in [3.8, 4) is 11.3 Å². The number of rotatable bonds is 5. The molecule has 0 spiro atoms. The Kier molecular flexibility index (Phi) is 4.89. The van der Waals surface area contributed by atoms with Crippen LogP contribution >= 0.6 is 0 Å². The minimum atomic E-state index is -0.354. The van der Waals surface area contributed by atoms with Crippen LogP contribution in [0.1, 0.15) is 28.7 Å². The van der Waals surface area contributed by atoms with Crippen LogP contribution in [0.15, 0.2) is 63.8 Å². The maximum atomic E-state index is 12.1. The molecule has 0 aliphatic carbocycles. The van der Waals surface area contributed by atoms with Gasteiger partial charge in [0.15, 0.2) is 0 Å². The molecule has 3 aromatic rings. The number of benzene rings is 1. The van der Waals surface area contributed by atoms with Crippen LogP contribution < -0.4 is 5.43 Å². The number of H-pyrrole nitrogens is 1. The van der Waals surface area contributed by atoms with Crippen molar-refractivity contribution in [3.63, 3.8) is 0 Å². The molecule has 1 amide bonds. The van der Waals surface area contributed by atoms with Crippen LogP contribution in [0.4, 0.5) is 0 Å². The summed E-state index contributed by atoms with van der Waals surface area (Å²) in [6.45, 7) is 3.89. The van der Waals surface area contributed by atoms with Gasteiger partial charge in [0.1, 0.15) is 11.5 Å². The second kappa shape index (κ2) is 7.44. The molecule has 2 aromatic heterocycles. The molecule has 0 aliphatic rings. The number of amides is 1. The Labute approximate surface area is 145 Å². The van der Waals surface area contributed by atoms with Gasteiger partial charge >= 0.3 is 0 Å². The number of aromatic amines is 1. The fourth-order valence-corrected chi connectivity index (χ4v) is 2.20. The number of allylic oxidation sites excluding steroid dienone is 1. The van der Waals surface area contributed by atoms with E-state index >= 15 is 0 Å². The molecule has 3 rings (SSSR count). The molecule has 2 N–H and O–H groups in total. The van der Waals surface area contributed by atoms with Gasteiger partial charge < -0.3 is 4.42 Å². The summed E-state index contributed by atoms with van der Waals surface area (Å²) in [5.74, 6) is 0.375. The molecule has 0 radical (unpaired) electrons. The van der Waals surface area contributed by atoms with Crippen molar-refractivity contribution in [2.24, 2.45) is 5.10 Å². The highest BCUT2D eigenvalue weighted by atomic mass is 16.3. The summed E-state index contributed by atoms with van der Waals surface area (Å²) in [6, 6.07) is 13.3. The largest absolute Gasteiger partial charge is 0.465 e. The zero-order valence-corrected chi connectivity index (χ0v) is 14.0. The van der Waals surface area contributed by atoms with Gasteiger partial charge in [-0.05, 0) is 43.7 Å². The van der Waals surface area contributed by atoms with Gasteiger partial charge in [0, 0.05) is 5.56 Å². The third-order valence-electron chi connectivity index (χ3n) is 3.52. The van der Waals surface area contributed by atoms with Crippen LogP contribution in [0.3, 0.4) is 0 Å². The van der Waals surface area contributed by atoms with E-state index < -0.39 is 0 Å². The highest BCUT2D eigenvalue weighted by molar-refractivity contribution is 5.94. The van der Waals surface area contributed by atoms with Gasteiger partial charge in [-0.25, -0.2) is 5.43 Å². The van der Waals surface area contributed by atoms with Crippen molar-refractivity contribution >= 4 is 18.2 Å². The minimum Gasteiger partial charge on any atom is -0.465 e. The summed E-state index contributed by atoms with van der Waals surface area (Å²) >= 11 is 0. The molecule has 0 saturated carbocycles. The Balaban J connectivity index is 1.62. The number of hydrogen-bond acceptors (Lipinski definition) is 4. The summed E-state index contributed by atoms with van der Waals surface area (Å²) in [5, 5.41) is 10.8. The number of hydrogen-bond donors (Lipinski definition) is 2. The Hall–Kier alpha value is -3.41. The average molecular weight is 334 g/mol. The molecule has 6 nitrogen and oxygen atoms in total. The fraction of sp³-hybridized carbons (Fsp3) is 0.105. The van der Waals surface area contributed by atoms with Gasteiger partial charge in [0.2, 0.25) is 0 Å². The van der Waals surface area contributed by atoms with Crippen LogP contribution in [0.25, 0.3) is 17.3 Å². The zero-order valence-electron chi connectivity index (χ0n) is 14.0. The second-order valence-corrected chi connectivity index (χ2v) is 5.64. The predicted molar refractivity (Wildman–Crippen MR) is 97.1 cm³/mol. The van der Waals surface area contributed by atoms with Gasteiger partial charge in [-0.3, -0.25) is 9.89 Å². The van der Waals surface area contributed by atoms with E-state index in [4.69, 9.17) is 4.42 Å². The monoisotopic (exact) mass is 334 g/mol. The molecule has 6 heteroatoms. The summed E-state index contributed by atoms with van der Waals surface area (Å²) < 4.78 is 5.21. The van der Waals surface area contributed by atoms with Crippen molar-refractivity contribution in [2.45, 2.75) is 13.8 Å². The van der Waals surface area contributed by atoms with Crippen LogP contribution in [-0.4, -0.2) is 22.3 Å². The van der Waals surface area contributed by atoms with Crippen molar-refractivity contribution in [1.29, 1.82) is 0 Å². The third-order valence-corrected chi connectivity index (χ3v) is 3.52. The molecule has 0 atom stereocenters. The highest BCUT2D eigenvalue weighted by Crippen LogP contribution is 2.18. The van der Waals surface area contributed by atoms with Crippen LogP contribution in [0.5, 0.6) is 0 Å². The first kappa shape index (κ1) is 16.4. The van der Waals surface area contributed by atoms with Crippen molar-refractivity contribution in [2.75, 3.05) is 0 Å². The topological polar surface area (TPSA) is 83.3 Å². The average Bonchev–Trinajstić information content (AvgIpc) is 3.27. The number of nitrogens with one attached hydrogen (secondary N) is 2. The van der Waals surface area contributed by atoms with E-state index in [1.807, 2.05) is 56.3 Å². The van der Waals surface area contributed by atoms with Crippen LogP contribution in [0.2, 0.25) is 0 Å². The van der Waals surface area contributed by atoms with Gasteiger partial charge in [0.25, 0.3) is 5.91 Å². The Morgan fingerprint density at radius 2 is 2.08 bits per heavy atom. The Morgan fingerprint density at radius 3 is 2.80 bits per heavy atom. The van der Waals surface area contributed by atoms with Crippen LogP contribution in [-0.2, 0) is 0 Å². The molecule has 1 aromatic carbocycles. The van der Waals surface area contributed by atoms with Crippen molar-refractivity contribution < 1.29 is 9.21 Å². The Morgan fingerprint density at radius 1 is 1.28 bits per heavy atom. The molecule has 126 valence electrons.